The molecule has 226 valence electrons. The van der Waals surface area contributed by atoms with Gasteiger partial charge >= 0.3 is 0 Å². The second kappa shape index (κ2) is 12.1. The molecule has 0 saturated heterocycles. The molecule has 0 aliphatic heterocycles. The Morgan fingerprint density at radius 2 is 0.980 bits per heavy atom. The van der Waals surface area contributed by atoms with E-state index in [2.05, 4.69) is 47.0 Å². The maximum Gasteiger partial charge on any atom is 0.166 e. The second-order valence-electron chi connectivity index (χ2n) is 11.5. The molecule has 0 fully saturated rings. The lowest BCUT2D eigenvalue weighted by molar-refractivity contribution is 1.06. The molecule has 0 atom stereocenters. The van der Waals surface area contributed by atoms with Crippen molar-refractivity contribution in [1.82, 2.24) is 19.5 Å². The topological polar surface area (TPSA) is 115 Å². The predicted octanol–water partition coefficient (Wildman–Crippen LogP) is 9.25. The molecular formula is C42H23N7. The van der Waals surface area contributed by atoms with Crippen molar-refractivity contribution in [2.75, 3.05) is 0 Å². The average Bonchev–Trinajstić information content (AvgIpc) is 3.51. The number of para-hydroxylation sites is 1. The minimum atomic E-state index is 0.431. The van der Waals surface area contributed by atoms with Gasteiger partial charge in [0, 0.05) is 27.5 Å². The first-order valence-corrected chi connectivity index (χ1v) is 15.5. The number of fused-ring (bicyclic) bond motifs is 3. The highest BCUT2D eigenvalue weighted by molar-refractivity contribution is 6.11. The minimum Gasteiger partial charge on any atom is -0.308 e. The van der Waals surface area contributed by atoms with Crippen LogP contribution in [0, 0.1) is 34.0 Å². The molecule has 0 radical (unpaired) electrons. The number of nitrogens with zero attached hydrogens (tertiary/aromatic N) is 7. The predicted molar refractivity (Wildman–Crippen MR) is 190 cm³/mol. The Balaban J connectivity index is 1.39. The van der Waals surface area contributed by atoms with E-state index in [9.17, 15) is 15.8 Å². The van der Waals surface area contributed by atoms with Crippen LogP contribution in [0.15, 0.2) is 140 Å². The molecule has 0 bridgehead atoms. The van der Waals surface area contributed by atoms with Crippen LogP contribution in [0.5, 0.6) is 0 Å². The molecule has 6 aromatic carbocycles. The molecular weight excluding hydrogens is 603 g/mol. The molecule has 7 heteroatoms. The lowest BCUT2D eigenvalue weighted by Gasteiger charge is -2.15. The van der Waals surface area contributed by atoms with Crippen LogP contribution < -0.4 is 0 Å². The summed E-state index contributed by atoms with van der Waals surface area (Å²) in [7, 11) is 0. The average molecular weight is 626 g/mol. The van der Waals surface area contributed by atoms with E-state index in [1.807, 2.05) is 97.1 Å². The highest BCUT2D eigenvalue weighted by Crippen LogP contribution is 2.38. The molecule has 8 aromatic rings. The fraction of sp³-hybridized carbons (Fsp3) is 0. The van der Waals surface area contributed by atoms with E-state index in [1.165, 1.54) is 0 Å². The quantitative estimate of drug-likeness (QED) is 0.188. The fourth-order valence-electron chi connectivity index (χ4n) is 6.24. The van der Waals surface area contributed by atoms with Crippen molar-refractivity contribution in [3.05, 3.63) is 156 Å². The summed E-state index contributed by atoms with van der Waals surface area (Å²) in [5, 5.41) is 31.2. The van der Waals surface area contributed by atoms with Crippen molar-refractivity contribution in [3.8, 4) is 69.2 Å². The van der Waals surface area contributed by atoms with Crippen molar-refractivity contribution in [3.63, 3.8) is 0 Å². The Morgan fingerprint density at radius 3 is 1.61 bits per heavy atom. The highest BCUT2D eigenvalue weighted by Gasteiger charge is 2.20. The molecule has 0 N–H and O–H groups in total. The van der Waals surface area contributed by atoms with Gasteiger partial charge in [0.1, 0.15) is 0 Å². The molecule has 7 nitrogen and oxygen atoms in total. The van der Waals surface area contributed by atoms with Crippen molar-refractivity contribution >= 4 is 21.8 Å². The van der Waals surface area contributed by atoms with Gasteiger partial charge in [-0.1, -0.05) is 84.9 Å². The van der Waals surface area contributed by atoms with Crippen LogP contribution in [0.1, 0.15) is 16.7 Å². The largest absolute Gasteiger partial charge is 0.308 e. The van der Waals surface area contributed by atoms with Crippen LogP contribution in [-0.4, -0.2) is 19.5 Å². The number of aromatic nitrogens is 4. The van der Waals surface area contributed by atoms with Gasteiger partial charge in [-0.25, -0.2) is 15.0 Å². The SMILES string of the molecule is N#Cc1cc(C#N)cc(-c2ccc3c(c2)c2ccccc2n3-c2ccc(C#N)cc2-c2nc(-c3ccccc3)nc(-c3ccccc3)n2)c1. The lowest BCUT2D eigenvalue weighted by atomic mass is 9.99. The van der Waals surface area contributed by atoms with Gasteiger partial charge < -0.3 is 4.57 Å². The smallest absolute Gasteiger partial charge is 0.166 e. The summed E-state index contributed by atoms with van der Waals surface area (Å²) in [5.41, 5.74) is 8.12. The summed E-state index contributed by atoms with van der Waals surface area (Å²) < 4.78 is 2.17. The summed E-state index contributed by atoms with van der Waals surface area (Å²) in [4.78, 5) is 14.9. The van der Waals surface area contributed by atoms with E-state index in [0.717, 1.165) is 49.7 Å². The van der Waals surface area contributed by atoms with Gasteiger partial charge in [0.05, 0.1) is 51.6 Å². The Morgan fingerprint density at radius 1 is 0.408 bits per heavy atom. The Bertz CT molecular complexity index is 2600. The first-order valence-electron chi connectivity index (χ1n) is 15.5. The zero-order chi connectivity index (χ0) is 33.3. The Kier molecular flexibility index (Phi) is 7.16. The summed E-state index contributed by atoms with van der Waals surface area (Å²) >= 11 is 0. The molecule has 2 aromatic heterocycles. The summed E-state index contributed by atoms with van der Waals surface area (Å²) in [6.45, 7) is 0. The number of hydrogen-bond acceptors (Lipinski definition) is 6. The Hall–Kier alpha value is -7.40. The van der Waals surface area contributed by atoms with Gasteiger partial charge in [-0.3, -0.25) is 0 Å². The van der Waals surface area contributed by atoms with E-state index in [-0.39, 0.29) is 0 Å². The van der Waals surface area contributed by atoms with E-state index >= 15 is 0 Å². The number of benzene rings is 6. The first-order chi connectivity index (χ1) is 24.1. The first kappa shape index (κ1) is 29.0. The van der Waals surface area contributed by atoms with Crippen LogP contribution in [0.4, 0.5) is 0 Å². The number of nitriles is 3. The molecule has 0 saturated carbocycles. The maximum atomic E-state index is 10.0. The van der Waals surface area contributed by atoms with Gasteiger partial charge in [0.15, 0.2) is 17.5 Å². The molecule has 0 unspecified atom stereocenters. The van der Waals surface area contributed by atoms with Crippen LogP contribution >= 0.6 is 0 Å². The third kappa shape index (κ3) is 5.22. The van der Waals surface area contributed by atoms with Crippen LogP contribution in [0.2, 0.25) is 0 Å². The molecule has 8 rings (SSSR count). The van der Waals surface area contributed by atoms with E-state index in [0.29, 0.717) is 39.7 Å². The molecule has 0 amide bonds. The number of rotatable bonds is 5. The van der Waals surface area contributed by atoms with Crippen molar-refractivity contribution in [1.29, 1.82) is 15.8 Å². The monoisotopic (exact) mass is 625 g/mol. The normalized spacial score (nSPS) is 10.8. The van der Waals surface area contributed by atoms with Gasteiger partial charge in [0.2, 0.25) is 0 Å². The fourth-order valence-corrected chi connectivity index (χ4v) is 6.24. The van der Waals surface area contributed by atoms with Crippen molar-refractivity contribution in [2.24, 2.45) is 0 Å². The van der Waals surface area contributed by atoms with Crippen molar-refractivity contribution in [2.45, 2.75) is 0 Å². The van der Waals surface area contributed by atoms with E-state index in [4.69, 9.17) is 15.0 Å². The summed E-state index contributed by atoms with van der Waals surface area (Å²) in [6.07, 6.45) is 0. The highest BCUT2D eigenvalue weighted by atomic mass is 15.1. The number of hydrogen-bond donors (Lipinski definition) is 0. The van der Waals surface area contributed by atoms with E-state index < -0.39 is 0 Å². The third-order valence-electron chi connectivity index (χ3n) is 8.50. The molecule has 0 aliphatic carbocycles. The standard InChI is InChI=1S/C42H23N7/c43-24-27-15-17-39(36(22-27)42-47-40(30-9-3-1-4-10-30)46-41(48-42)31-11-5-2-6-12-31)49-37-14-8-7-13-34(37)35-23-32(16-18-38(35)49)33-20-28(25-44)19-29(21-33)26-45/h1-23H. The minimum absolute atomic E-state index is 0.431. The van der Waals surface area contributed by atoms with Gasteiger partial charge in [-0.05, 0) is 65.7 Å². The van der Waals surface area contributed by atoms with Crippen LogP contribution in [0.25, 0.3) is 72.8 Å². The van der Waals surface area contributed by atoms with Crippen molar-refractivity contribution < 1.29 is 0 Å². The Labute approximate surface area is 281 Å². The molecule has 0 spiro atoms. The van der Waals surface area contributed by atoms with Gasteiger partial charge in [0.25, 0.3) is 0 Å². The lowest BCUT2D eigenvalue weighted by Crippen LogP contribution is -2.04. The molecule has 2 heterocycles. The summed E-state index contributed by atoms with van der Waals surface area (Å²) in [6, 6.07) is 51.3. The molecule has 0 aliphatic rings. The zero-order valence-electron chi connectivity index (χ0n) is 25.9. The summed E-state index contributed by atoms with van der Waals surface area (Å²) in [5.74, 6) is 1.50. The third-order valence-corrected chi connectivity index (χ3v) is 8.50. The zero-order valence-corrected chi connectivity index (χ0v) is 25.9. The van der Waals surface area contributed by atoms with Gasteiger partial charge in [-0.15, -0.1) is 0 Å². The maximum absolute atomic E-state index is 10.0. The van der Waals surface area contributed by atoms with Gasteiger partial charge in [-0.2, -0.15) is 15.8 Å². The second-order valence-corrected chi connectivity index (χ2v) is 11.5. The van der Waals surface area contributed by atoms with E-state index in [1.54, 1.807) is 18.2 Å². The van der Waals surface area contributed by atoms with Crippen LogP contribution in [-0.2, 0) is 0 Å². The molecule has 49 heavy (non-hydrogen) atoms. The van der Waals surface area contributed by atoms with Crippen LogP contribution in [0.3, 0.4) is 0 Å².